The van der Waals surface area contributed by atoms with Gasteiger partial charge in [0.2, 0.25) is 0 Å². The zero-order chi connectivity index (χ0) is 22.2. The van der Waals surface area contributed by atoms with Crippen LogP contribution in [-0.2, 0) is 6.54 Å². The minimum atomic E-state index is 0.00747. The lowest BCUT2D eigenvalue weighted by molar-refractivity contribution is 0.0958. The van der Waals surface area contributed by atoms with Crippen LogP contribution >= 0.6 is 11.3 Å². The number of carbonyl (C=O) groups excluding carboxylic acids is 1. The highest BCUT2D eigenvalue weighted by atomic mass is 32.1. The van der Waals surface area contributed by atoms with Crippen LogP contribution in [0.25, 0.3) is 16.3 Å². The fraction of sp³-hybridized carbons (Fsp3) is 0.250. The number of furan rings is 1. The summed E-state index contributed by atoms with van der Waals surface area (Å²) >= 11 is 1.48. The number of hydrogen-bond donors (Lipinski definition) is 1. The third kappa shape index (κ3) is 3.92. The molecule has 1 saturated heterocycles. The van der Waals surface area contributed by atoms with Gasteiger partial charge in [-0.15, -0.1) is 11.3 Å². The number of amides is 1. The second-order valence-electron chi connectivity index (χ2n) is 8.93. The molecule has 1 fully saturated rings. The van der Waals surface area contributed by atoms with Gasteiger partial charge in [0.1, 0.15) is 5.76 Å². The molecule has 0 spiro atoms. The zero-order valence-electron chi connectivity index (χ0n) is 18.4. The van der Waals surface area contributed by atoms with E-state index in [2.05, 4.69) is 58.7 Å². The number of nitrogens with one attached hydrogen (secondary N) is 1. The van der Waals surface area contributed by atoms with E-state index >= 15 is 0 Å². The van der Waals surface area contributed by atoms with Crippen molar-refractivity contribution in [2.45, 2.75) is 37.9 Å². The Labute approximate surface area is 197 Å². The van der Waals surface area contributed by atoms with Crippen molar-refractivity contribution in [2.24, 2.45) is 0 Å². The molecule has 0 radical (unpaired) electrons. The minimum Gasteiger partial charge on any atom is -0.468 e. The SMILES string of the molecule is O=C(NCC1=C(c2ccc3ccccc3c2)C[C@@H]2CC[C@H]1N2Cc1ccco1)c1cccs1. The molecule has 0 saturated carbocycles. The number of carbonyl (C=O) groups is 1. The predicted octanol–water partition coefficient (Wildman–Crippen LogP) is 6.11. The third-order valence-corrected chi connectivity index (χ3v) is 7.94. The molecule has 4 heterocycles. The van der Waals surface area contributed by atoms with Gasteiger partial charge in [0.05, 0.1) is 17.7 Å². The Kier molecular flexibility index (Phi) is 5.36. The van der Waals surface area contributed by atoms with Crippen molar-refractivity contribution in [2.75, 3.05) is 6.54 Å². The zero-order valence-corrected chi connectivity index (χ0v) is 19.2. The Bertz CT molecular complexity index is 1310. The van der Waals surface area contributed by atoms with E-state index < -0.39 is 0 Å². The van der Waals surface area contributed by atoms with Crippen LogP contribution in [0.3, 0.4) is 0 Å². The van der Waals surface area contributed by atoms with Gasteiger partial charge >= 0.3 is 0 Å². The number of fused-ring (bicyclic) bond motifs is 3. The standard InChI is InChI=1S/C28H26N2O2S/c31-28(27-8-4-14-33-27)29-17-25-24(21-10-9-19-5-1-2-6-20(19)15-21)16-22-11-12-26(25)30(22)18-23-7-3-13-32-23/h1-10,13-15,22,26H,11-12,16-18H2,(H,29,31)/t22-,26+/m0/s1. The van der Waals surface area contributed by atoms with Crippen LogP contribution in [0.1, 0.15) is 40.3 Å². The molecule has 2 bridgehead atoms. The van der Waals surface area contributed by atoms with Gasteiger partial charge in [-0.2, -0.15) is 0 Å². The van der Waals surface area contributed by atoms with Gasteiger partial charge in [-0.1, -0.05) is 42.5 Å². The first-order chi connectivity index (χ1) is 16.3. The monoisotopic (exact) mass is 454 g/mol. The summed E-state index contributed by atoms with van der Waals surface area (Å²) in [7, 11) is 0. The Balaban J connectivity index is 1.37. The number of thiophene rings is 1. The lowest BCUT2D eigenvalue weighted by atomic mass is 9.87. The first-order valence-corrected chi connectivity index (χ1v) is 12.4. The largest absolute Gasteiger partial charge is 0.468 e. The molecule has 166 valence electrons. The molecule has 4 aromatic rings. The predicted molar refractivity (Wildman–Crippen MR) is 133 cm³/mol. The van der Waals surface area contributed by atoms with E-state index in [1.54, 1.807) is 6.26 Å². The maximum atomic E-state index is 12.8. The molecule has 2 atom stereocenters. The second-order valence-corrected chi connectivity index (χ2v) is 9.88. The number of rotatable bonds is 6. The highest BCUT2D eigenvalue weighted by Gasteiger charge is 2.41. The molecule has 4 nitrogen and oxygen atoms in total. The van der Waals surface area contributed by atoms with Gasteiger partial charge in [0.25, 0.3) is 5.91 Å². The van der Waals surface area contributed by atoms with Gasteiger partial charge in [-0.05, 0) is 76.4 Å². The van der Waals surface area contributed by atoms with E-state index in [1.807, 2.05) is 23.6 Å². The van der Waals surface area contributed by atoms with Crippen molar-refractivity contribution in [3.8, 4) is 0 Å². The molecule has 0 aliphatic carbocycles. The van der Waals surface area contributed by atoms with Crippen LogP contribution in [0.5, 0.6) is 0 Å². The van der Waals surface area contributed by atoms with Gasteiger partial charge in [-0.3, -0.25) is 9.69 Å². The summed E-state index contributed by atoms with van der Waals surface area (Å²) in [5.74, 6) is 1.01. The highest BCUT2D eigenvalue weighted by molar-refractivity contribution is 7.12. The maximum Gasteiger partial charge on any atom is 0.261 e. The van der Waals surface area contributed by atoms with E-state index in [0.29, 0.717) is 18.6 Å². The van der Waals surface area contributed by atoms with E-state index in [-0.39, 0.29) is 5.91 Å². The Hall–Kier alpha value is -3.15. The van der Waals surface area contributed by atoms with Crippen LogP contribution < -0.4 is 5.32 Å². The minimum absolute atomic E-state index is 0.00747. The third-order valence-electron chi connectivity index (χ3n) is 7.07. The van der Waals surface area contributed by atoms with Crippen molar-refractivity contribution < 1.29 is 9.21 Å². The topological polar surface area (TPSA) is 45.5 Å². The van der Waals surface area contributed by atoms with Gasteiger partial charge in [0, 0.05) is 18.6 Å². The maximum absolute atomic E-state index is 12.8. The summed E-state index contributed by atoms with van der Waals surface area (Å²) in [6, 6.07) is 23.9. The highest BCUT2D eigenvalue weighted by Crippen LogP contribution is 2.44. The molecule has 2 aromatic carbocycles. The Morgan fingerprint density at radius 1 is 1.03 bits per heavy atom. The van der Waals surface area contributed by atoms with Crippen LogP contribution in [0.15, 0.2) is 88.4 Å². The molecule has 2 aliphatic heterocycles. The molecule has 5 heteroatoms. The summed E-state index contributed by atoms with van der Waals surface area (Å²) in [5, 5.41) is 7.68. The Morgan fingerprint density at radius 2 is 1.94 bits per heavy atom. The molecule has 2 aromatic heterocycles. The molecule has 33 heavy (non-hydrogen) atoms. The van der Waals surface area contributed by atoms with E-state index in [4.69, 9.17) is 4.42 Å². The summed E-state index contributed by atoms with van der Waals surface area (Å²) in [6.07, 6.45) is 5.04. The fourth-order valence-electron chi connectivity index (χ4n) is 5.49. The van der Waals surface area contributed by atoms with Crippen molar-refractivity contribution in [1.82, 2.24) is 10.2 Å². The molecule has 1 N–H and O–H groups in total. The smallest absolute Gasteiger partial charge is 0.261 e. The van der Waals surface area contributed by atoms with Crippen LogP contribution in [0, 0.1) is 0 Å². The van der Waals surface area contributed by atoms with Crippen molar-refractivity contribution in [1.29, 1.82) is 0 Å². The number of nitrogens with zero attached hydrogens (tertiary/aromatic N) is 1. The van der Waals surface area contributed by atoms with E-state index in [9.17, 15) is 4.79 Å². The Morgan fingerprint density at radius 3 is 2.76 bits per heavy atom. The first-order valence-electron chi connectivity index (χ1n) is 11.6. The second kappa shape index (κ2) is 8.65. The van der Waals surface area contributed by atoms with Gasteiger partial charge < -0.3 is 9.73 Å². The summed E-state index contributed by atoms with van der Waals surface area (Å²) in [6.45, 7) is 1.39. The van der Waals surface area contributed by atoms with Crippen molar-refractivity contribution in [3.63, 3.8) is 0 Å². The molecule has 6 rings (SSSR count). The summed E-state index contributed by atoms with van der Waals surface area (Å²) in [4.78, 5) is 16.1. The summed E-state index contributed by atoms with van der Waals surface area (Å²) < 4.78 is 5.68. The summed E-state index contributed by atoms with van der Waals surface area (Å²) in [5.41, 5.74) is 4.02. The number of hydrogen-bond acceptors (Lipinski definition) is 4. The lowest BCUT2D eigenvalue weighted by Gasteiger charge is -2.38. The molecular weight excluding hydrogens is 428 g/mol. The van der Waals surface area contributed by atoms with E-state index in [1.165, 1.54) is 45.2 Å². The average Bonchev–Trinajstić information content (AvgIpc) is 3.61. The molecule has 1 amide bonds. The molecular formula is C28H26N2O2S. The van der Waals surface area contributed by atoms with Crippen LogP contribution in [-0.4, -0.2) is 29.4 Å². The first kappa shape index (κ1) is 20.5. The quantitative estimate of drug-likeness (QED) is 0.382. The van der Waals surface area contributed by atoms with Crippen molar-refractivity contribution >= 4 is 33.6 Å². The van der Waals surface area contributed by atoms with Gasteiger partial charge in [-0.25, -0.2) is 0 Å². The fourth-order valence-corrected chi connectivity index (χ4v) is 6.13. The molecule has 0 unspecified atom stereocenters. The van der Waals surface area contributed by atoms with Crippen molar-refractivity contribution in [3.05, 3.63) is 100 Å². The van der Waals surface area contributed by atoms with Gasteiger partial charge in [0.15, 0.2) is 0 Å². The lowest BCUT2D eigenvalue weighted by Crippen LogP contribution is -2.43. The average molecular weight is 455 g/mol. The van der Waals surface area contributed by atoms with E-state index in [0.717, 1.165) is 30.0 Å². The normalized spacial score (nSPS) is 20.5. The van der Waals surface area contributed by atoms with Crippen LogP contribution in [0.2, 0.25) is 0 Å². The molecule has 2 aliphatic rings. The number of benzene rings is 2. The van der Waals surface area contributed by atoms with Crippen LogP contribution in [0.4, 0.5) is 0 Å².